The smallest absolute Gasteiger partial charge is 0.264 e. The van der Waals surface area contributed by atoms with Crippen LogP contribution in [0.4, 0.5) is 0 Å². The standard InChI is InChI=1S/C21H23N3O5S/c1-20(19(26)23-27,30(2,28)29)11-12-24-14-16-13-15(6-7-17(16)18(24)25)5-3-4-8-21(22)9-10-21/h6-7,13,27H,9-12,14,22H2,1-2H3,(H,23,26)/t20-/m1/s1. The van der Waals surface area contributed by atoms with Crippen LogP contribution in [-0.4, -0.2) is 53.4 Å². The maximum atomic E-state index is 12.6. The third kappa shape index (κ3) is 4.34. The van der Waals surface area contributed by atoms with E-state index in [1.165, 1.54) is 17.3 Å². The lowest BCUT2D eigenvalue weighted by atomic mass is 10.1. The van der Waals surface area contributed by atoms with Crippen LogP contribution >= 0.6 is 0 Å². The molecule has 1 heterocycles. The number of nitrogens with two attached hydrogens (primary N) is 1. The van der Waals surface area contributed by atoms with E-state index < -0.39 is 20.5 Å². The summed E-state index contributed by atoms with van der Waals surface area (Å²) in [6, 6.07) is 5.20. The van der Waals surface area contributed by atoms with Crippen molar-refractivity contribution in [3.63, 3.8) is 0 Å². The van der Waals surface area contributed by atoms with Crippen molar-refractivity contribution in [3.8, 4) is 23.7 Å². The minimum absolute atomic E-state index is 0.0373. The lowest BCUT2D eigenvalue weighted by Crippen LogP contribution is -2.50. The zero-order valence-electron chi connectivity index (χ0n) is 16.8. The van der Waals surface area contributed by atoms with Crippen molar-refractivity contribution in [2.24, 2.45) is 5.73 Å². The Hall–Kier alpha value is -2.85. The normalized spacial score (nSPS) is 18.3. The number of amides is 2. The molecule has 0 radical (unpaired) electrons. The Morgan fingerprint density at radius 2 is 2.07 bits per heavy atom. The highest BCUT2D eigenvalue weighted by Crippen LogP contribution is 2.30. The number of fused-ring (bicyclic) bond motifs is 1. The third-order valence-corrected chi connectivity index (χ3v) is 7.64. The van der Waals surface area contributed by atoms with E-state index in [1.807, 2.05) is 0 Å². The molecule has 158 valence electrons. The molecule has 1 aliphatic heterocycles. The van der Waals surface area contributed by atoms with Gasteiger partial charge in [0.05, 0.1) is 5.54 Å². The first kappa shape index (κ1) is 21.8. The van der Waals surface area contributed by atoms with Crippen molar-refractivity contribution in [3.05, 3.63) is 34.9 Å². The predicted octanol–water partition coefficient (Wildman–Crippen LogP) is 0.187. The van der Waals surface area contributed by atoms with Crippen LogP contribution in [0.15, 0.2) is 18.2 Å². The van der Waals surface area contributed by atoms with Crippen LogP contribution in [0.1, 0.15) is 47.7 Å². The summed E-state index contributed by atoms with van der Waals surface area (Å²) in [5.74, 6) is 10.1. The lowest BCUT2D eigenvalue weighted by Gasteiger charge is -2.27. The lowest BCUT2D eigenvalue weighted by molar-refractivity contribution is -0.131. The number of rotatable bonds is 5. The van der Waals surface area contributed by atoms with Gasteiger partial charge in [-0.15, -0.1) is 0 Å². The summed E-state index contributed by atoms with van der Waals surface area (Å²) >= 11 is 0. The van der Waals surface area contributed by atoms with Crippen LogP contribution in [0.25, 0.3) is 0 Å². The van der Waals surface area contributed by atoms with Crippen LogP contribution in [0, 0.1) is 23.7 Å². The van der Waals surface area contributed by atoms with Gasteiger partial charge >= 0.3 is 0 Å². The minimum Gasteiger partial charge on any atom is -0.334 e. The molecule has 0 spiro atoms. The number of hydrogen-bond acceptors (Lipinski definition) is 6. The fraction of sp³-hybridized carbons (Fsp3) is 0.429. The molecule has 1 aliphatic carbocycles. The van der Waals surface area contributed by atoms with Crippen LogP contribution in [-0.2, 0) is 21.2 Å². The Labute approximate surface area is 175 Å². The molecule has 1 saturated carbocycles. The molecule has 1 fully saturated rings. The maximum Gasteiger partial charge on any atom is 0.264 e. The van der Waals surface area contributed by atoms with E-state index in [-0.39, 0.29) is 31.0 Å². The molecule has 2 amide bonds. The highest BCUT2D eigenvalue weighted by Gasteiger charge is 2.44. The summed E-state index contributed by atoms with van der Waals surface area (Å²) in [5.41, 5.74) is 8.90. The molecule has 8 nitrogen and oxygen atoms in total. The quantitative estimate of drug-likeness (QED) is 0.348. The number of hydroxylamine groups is 1. The average molecular weight is 429 g/mol. The van der Waals surface area contributed by atoms with Crippen LogP contribution in [0.2, 0.25) is 0 Å². The number of sulfone groups is 1. The first-order valence-corrected chi connectivity index (χ1v) is 11.3. The molecule has 4 N–H and O–H groups in total. The maximum absolute atomic E-state index is 12.6. The third-order valence-electron chi connectivity index (χ3n) is 5.61. The Morgan fingerprint density at radius 1 is 1.37 bits per heavy atom. The summed E-state index contributed by atoms with van der Waals surface area (Å²) in [7, 11) is -3.83. The highest BCUT2D eigenvalue weighted by atomic mass is 32.2. The van der Waals surface area contributed by atoms with Gasteiger partial charge in [0.15, 0.2) is 14.6 Å². The number of hydrogen-bond donors (Lipinski definition) is 3. The first-order valence-electron chi connectivity index (χ1n) is 9.37. The average Bonchev–Trinajstić information content (AvgIpc) is 3.35. The number of carbonyl (C=O) groups excluding carboxylic acids is 2. The van der Waals surface area contributed by atoms with Gasteiger partial charge in [0.2, 0.25) is 0 Å². The van der Waals surface area contributed by atoms with Gasteiger partial charge in [-0.05, 0) is 61.8 Å². The van der Waals surface area contributed by atoms with E-state index in [9.17, 15) is 18.0 Å². The molecule has 0 saturated heterocycles. The largest absolute Gasteiger partial charge is 0.334 e. The molecule has 1 aromatic carbocycles. The SMILES string of the molecule is C[C@@](CCN1Cc2cc(C#CC#CC3(N)CC3)ccc2C1=O)(C(=O)NO)S(C)(=O)=O. The second-order valence-electron chi connectivity index (χ2n) is 7.95. The van der Waals surface area contributed by atoms with Gasteiger partial charge in [-0.1, -0.05) is 11.8 Å². The fourth-order valence-electron chi connectivity index (χ4n) is 3.09. The molecule has 9 heteroatoms. The predicted molar refractivity (Wildman–Crippen MR) is 110 cm³/mol. The zero-order valence-corrected chi connectivity index (χ0v) is 17.6. The van der Waals surface area contributed by atoms with E-state index >= 15 is 0 Å². The molecular weight excluding hydrogens is 406 g/mol. The summed E-state index contributed by atoms with van der Waals surface area (Å²) in [5, 5.41) is 8.91. The van der Waals surface area contributed by atoms with E-state index in [0.717, 1.165) is 24.7 Å². The van der Waals surface area contributed by atoms with E-state index in [2.05, 4.69) is 23.7 Å². The van der Waals surface area contributed by atoms with Gasteiger partial charge in [-0.25, -0.2) is 13.9 Å². The highest BCUT2D eigenvalue weighted by molar-refractivity contribution is 7.92. The molecule has 2 aliphatic rings. The minimum atomic E-state index is -3.83. The van der Waals surface area contributed by atoms with Crippen molar-refractivity contribution >= 4 is 21.7 Å². The topological polar surface area (TPSA) is 130 Å². The van der Waals surface area contributed by atoms with Crippen molar-refractivity contribution in [1.29, 1.82) is 0 Å². The summed E-state index contributed by atoms with van der Waals surface area (Å²) in [6.07, 6.45) is 2.54. The molecule has 0 unspecified atom stereocenters. The first-order chi connectivity index (χ1) is 14.0. The Bertz CT molecular complexity index is 1130. The van der Waals surface area contributed by atoms with Crippen LogP contribution in [0.3, 0.4) is 0 Å². The molecule has 0 aromatic heterocycles. The second-order valence-corrected chi connectivity index (χ2v) is 10.4. The van der Waals surface area contributed by atoms with Crippen LogP contribution < -0.4 is 11.2 Å². The summed E-state index contributed by atoms with van der Waals surface area (Å²) in [4.78, 5) is 26.1. The van der Waals surface area contributed by atoms with Crippen molar-refractivity contribution in [2.75, 3.05) is 12.8 Å². The molecule has 30 heavy (non-hydrogen) atoms. The van der Waals surface area contributed by atoms with Gasteiger partial charge in [-0.2, -0.15) is 0 Å². The molecule has 3 rings (SSSR count). The van der Waals surface area contributed by atoms with E-state index in [0.29, 0.717) is 11.1 Å². The van der Waals surface area contributed by atoms with Gasteiger partial charge < -0.3 is 10.6 Å². The fourth-order valence-corrected chi connectivity index (χ4v) is 3.94. The van der Waals surface area contributed by atoms with Gasteiger partial charge in [-0.3, -0.25) is 14.8 Å². The molecule has 1 atom stereocenters. The van der Waals surface area contributed by atoms with Gasteiger partial charge in [0, 0.05) is 30.5 Å². The molecule has 1 aromatic rings. The van der Waals surface area contributed by atoms with E-state index in [4.69, 9.17) is 10.9 Å². The molecular formula is C21H23N3O5S. The van der Waals surface area contributed by atoms with E-state index in [1.54, 1.807) is 18.2 Å². The van der Waals surface area contributed by atoms with Crippen LogP contribution in [0.5, 0.6) is 0 Å². The zero-order chi connectivity index (χ0) is 22.2. The Morgan fingerprint density at radius 3 is 2.67 bits per heavy atom. The summed E-state index contributed by atoms with van der Waals surface area (Å²) < 4.78 is 22.3. The Balaban J connectivity index is 1.72. The number of carbonyl (C=O) groups is 2. The molecule has 0 bridgehead atoms. The van der Waals surface area contributed by atoms with Crippen molar-refractivity contribution < 1.29 is 23.2 Å². The second kappa shape index (κ2) is 7.77. The number of benzene rings is 1. The van der Waals surface area contributed by atoms with Gasteiger partial charge in [0.25, 0.3) is 11.8 Å². The van der Waals surface area contributed by atoms with Crippen molar-refractivity contribution in [1.82, 2.24) is 10.4 Å². The number of nitrogens with one attached hydrogen (secondary N) is 1. The Kier molecular flexibility index (Phi) is 5.66. The number of nitrogens with zero attached hydrogens (tertiary/aromatic N) is 1. The monoisotopic (exact) mass is 429 g/mol. The van der Waals surface area contributed by atoms with Crippen molar-refractivity contribution in [2.45, 2.75) is 43.0 Å². The van der Waals surface area contributed by atoms with Gasteiger partial charge in [0.1, 0.15) is 0 Å². The summed E-state index contributed by atoms with van der Waals surface area (Å²) in [6.45, 7) is 1.54.